The highest BCUT2D eigenvalue weighted by Gasteiger charge is 2.33. The Morgan fingerprint density at radius 3 is 2.50 bits per heavy atom. The fourth-order valence-corrected chi connectivity index (χ4v) is 1.84. The number of hydrogen-bond acceptors (Lipinski definition) is 4. The van der Waals surface area contributed by atoms with E-state index in [0.717, 1.165) is 25.9 Å². The van der Waals surface area contributed by atoms with Gasteiger partial charge in [0.25, 0.3) is 0 Å². The van der Waals surface area contributed by atoms with Crippen molar-refractivity contribution in [2.45, 2.75) is 31.8 Å². The average Bonchev–Trinajstić information content (AvgIpc) is 2.17. The first-order valence-corrected chi connectivity index (χ1v) is 5.09. The molecule has 0 aliphatic carbocycles. The van der Waals surface area contributed by atoms with E-state index in [1.54, 1.807) is 0 Å². The van der Waals surface area contributed by atoms with Gasteiger partial charge < -0.3 is 9.84 Å². The summed E-state index contributed by atoms with van der Waals surface area (Å²) in [6.45, 7) is 3.81. The first kappa shape index (κ1) is 11.5. The zero-order chi connectivity index (χ0) is 10.6. The second-order valence-electron chi connectivity index (χ2n) is 4.10. The number of aliphatic hydroxyl groups is 1. The maximum absolute atomic E-state index is 11.2. The third-order valence-corrected chi connectivity index (χ3v) is 2.61. The molecule has 0 aromatic heterocycles. The fraction of sp³-hybridized carbons (Fsp3) is 0.900. The number of piperidine rings is 1. The van der Waals surface area contributed by atoms with E-state index in [1.165, 1.54) is 20.5 Å². The molecule has 1 rings (SSSR count). The third kappa shape index (κ3) is 2.96. The first-order chi connectivity index (χ1) is 6.56. The molecular formula is C10H19NO3. The molecule has 1 unspecified atom stereocenters. The maximum Gasteiger partial charge on any atom is 0.338 e. The van der Waals surface area contributed by atoms with Crippen LogP contribution >= 0.6 is 0 Å². The molecule has 1 N–H and O–H groups in total. The molecule has 1 saturated heterocycles. The molecule has 0 aromatic rings. The quantitative estimate of drug-likeness (QED) is 0.671. The Labute approximate surface area is 84.8 Å². The molecule has 1 aliphatic rings. The van der Waals surface area contributed by atoms with Crippen LogP contribution in [0.5, 0.6) is 0 Å². The minimum absolute atomic E-state index is 0.375. The Morgan fingerprint density at radius 1 is 1.43 bits per heavy atom. The number of hydrogen-bond donors (Lipinski definition) is 1. The Hall–Kier alpha value is -0.610. The van der Waals surface area contributed by atoms with Crippen molar-refractivity contribution < 1.29 is 14.6 Å². The van der Waals surface area contributed by atoms with Gasteiger partial charge in [0.15, 0.2) is 5.60 Å². The number of likely N-dealkylation sites (tertiary alicyclic amines) is 1. The molecule has 1 fully saturated rings. The summed E-state index contributed by atoms with van der Waals surface area (Å²) >= 11 is 0. The average molecular weight is 201 g/mol. The Balaban J connectivity index is 2.44. The smallest absolute Gasteiger partial charge is 0.338 e. The van der Waals surface area contributed by atoms with E-state index in [9.17, 15) is 9.90 Å². The van der Waals surface area contributed by atoms with Gasteiger partial charge in [0.2, 0.25) is 0 Å². The lowest BCUT2D eigenvalue weighted by atomic mass is 10.0. The first-order valence-electron chi connectivity index (χ1n) is 5.09. The molecule has 1 aliphatic heterocycles. The van der Waals surface area contributed by atoms with E-state index in [2.05, 4.69) is 9.64 Å². The molecule has 1 heterocycles. The minimum atomic E-state index is -1.37. The molecular weight excluding hydrogens is 182 g/mol. The van der Waals surface area contributed by atoms with E-state index < -0.39 is 11.6 Å². The molecule has 0 amide bonds. The Kier molecular flexibility index (Phi) is 3.89. The van der Waals surface area contributed by atoms with E-state index >= 15 is 0 Å². The fourth-order valence-electron chi connectivity index (χ4n) is 1.84. The molecule has 0 aromatic carbocycles. The zero-order valence-corrected chi connectivity index (χ0v) is 8.95. The van der Waals surface area contributed by atoms with Crippen LogP contribution in [0.4, 0.5) is 0 Å². The lowest BCUT2D eigenvalue weighted by molar-refractivity contribution is -0.162. The lowest BCUT2D eigenvalue weighted by Crippen LogP contribution is -2.48. The summed E-state index contributed by atoms with van der Waals surface area (Å²) in [5.74, 6) is -0.553. The highest BCUT2D eigenvalue weighted by Crippen LogP contribution is 2.14. The van der Waals surface area contributed by atoms with Gasteiger partial charge in [-0.2, -0.15) is 0 Å². The minimum Gasteiger partial charge on any atom is -0.467 e. The number of carbonyl (C=O) groups excluding carboxylic acids is 1. The van der Waals surface area contributed by atoms with E-state index in [4.69, 9.17) is 0 Å². The number of β-amino-alcohol motifs (C(OH)–C–C–N with tert-alkyl or cyclic N) is 1. The van der Waals surface area contributed by atoms with Crippen LogP contribution in [0.15, 0.2) is 0 Å². The van der Waals surface area contributed by atoms with Crippen molar-refractivity contribution in [3.8, 4) is 0 Å². The number of ether oxygens (including phenoxy) is 1. The SMILES string of the molecule is COC(=O)C(C)(O)CN1CCCCC1. The largest absolute Gasteiger partial charge is 0.467 e. The van der Waals surface area contributed by atoms with Crippen LogP contribution in [0.3, 0.4) is 0 Å². The summed E-state index contributed by atoms with van der Waals surface area (Å²) in [6.07, 6.45) is 3.55. The third-order valence-electron chi connectivity index (χ3n) is 2.61. The Bertz CT molecular complexity index is 198. The van der Waals surface area contributed by atoms with Gasteiger partial charge in [0, 0.05) is 6.54 Å². The maximum atomic E-state index is 11.2. The summed E-state index contributed by atoms with van der Waals surface area (Å²) < 4.78 is 4.54. The van der Waals surface area contributed by atoms with Gasteiger partial charge in [0.05, 0.1) is 7.11 Å². The summed E-state index contributed by atoms with van der Waals surface area (Å²) in [5.41, 5.74) is -1.37. The highest BCUT2D eigenvalue weighted by molar-refractivity contribution is 5.78. The van der Waals surface area contributed by atoms with Crippen molar-refractivity contribution in [3.05, 3.63) is 0 Å². The van der Waals surface area contributed by atoms with Crippen molar-refractivity contribution in [1.29, 1.82) is 0 Å². The van der Waals surface area contributed by atoms with Crippen molar-refractivity contribution in [2.24, 2.45) is 0 Å². The van der Waals surface area contributed by atoms with Crippen LogP contribution in [0.25, 0.3) is 0 Å². The predicted molar refractivity (Wildman–Crippen MR) is 52.9 cm³/mol. The van der Waals surface area contributed by atoms with Crippen LogP contribution in [0, 0.1) is 0 Å². The molecule has 0 saturated carbocycles. The molecule has 0 spiro atoms. The standard InChI is InChI=1S/C10H19NO3/c1-10(13,9(12)14-2)8-11-6-4-3-5-7-11/h13H,3-8H2,1-2H3. The van der Waals surface area contributed by atoms with Crippen LogP contribution in [-0.2, 0) is 9.53 Å². The van der Waals surface area contributed by atoms with Crippen LogP contribution in [0.2, 0.25) is 0 Å². The summed E-state index contributed by atoms with van der Waals surface area (Å²) in [6, 6.07) is 0. The van der Waals surface area contributed by atoms with Gasteiger partial charge in [0.1, 0.15) is 0 Å². The summed E-state index contributed by atoms with van der Waals surface area (Å²) in [4.78, 5) is 13.3. The highest BCUT2D eigenvalue weighted by atomic mass is 16.5. The van der Waals surface area contributed by atoms with Gasteiger partial charge in [-0.05, 0) is 32.9 Å². The summed E-state index contributed by atoms with van der Waals surface area (Å²) in [7, 11) is 1.30. The lowest BCUT2D eigenvalue weighted by Gasteiger charge is -2.32. The van der Waals surface area contributed by atoms with Gasteiger partial charge in [-0.25, -0.2) is 4.79 Å². The molecule has 4 nitrogen and oxygen atoms in total. The molecule has 0 radical (unpaired) electrons. The number of methoxy groups -OCH3 is 1. The molecule has 14 heavy (non-hydrogen) atoms. The number of carbonyl (C=O) groups is 1. The van der Waals surface area contributed by atoms with Gasteiger partial charge in [-0.3, -0.25) is 4.90 Å². The number of esters is 1. The van der Waals surface area contributed by atoms with Crippen molar-refractivity contribution >= 4 is 5.97 Å². The van der Waals surface area contributed by atoms with Crippen molar-refractivity contribution in [2.75, 3.05) is 26.7 Å². The van der Waals surface area contributed by atoms with Gasteiger partial charge >= 0.3 is 5.97 Å². The number of rotatable bonds is 3. The van der Waals surface area contributed by atoms with Crippen LogP contribution in [-0.4, -0.2) is 48.3 Å². The second kappa shape index (κ2) is 4.75. The van der Waals surface area contributed by atoms with E-state index in [0.29, 0.717) is 6.54 Å². The van der Waals surface area contributed by atoms with Gasteiger partial charge in [-0.15, -0.1) is 0 Å². The molecule has 1 atom stereocenters. The molecule has 82 valence electrons. The normalized spacial score (nSPS) is 22.8. The molecule has 4 heteroatoms. The molecule has 0 bridgehead atoms. The topological polar surface area (TPSA) is 49.8 Å². The predicted octanol–water partition coefficient (Wildman–Crippen LogP) is 0.396. The monoisotopic (exact) mass is 201 g/mol. The van der Waals surface area contributed by atoms with Crippen LogP contribution < -0.4 is 0 Å². The summed E-state index contributed by atoms with van der Waals surface area (Å²) in [5, 5.41) is 9.82. The van der Waals surface area contributed by atoms with E-state index in [-0.39, 0.29) is 0 Å². The van der Waals surface area contributed by atoms with Crippen LogP contribution in [0.1, 0.15) is 26.2 Å². The second-order valence-corrected chi connectivity index (χ2v) is 4.10. The number of nitrogens with zero attached hydrogens (tertiary/aromatic N) is 1. The Morgan fingerprint density at radius 2 is 2.00 bits per heavy atom. The van der Waals surface area contributed by atoms with Gasteiger partial charge in [-0.1, -0.05) is 6.42 Å². The van der Waals surface area contributed by atoms with E-state index in [1.807, 2.05) is 0 Å². The van der Waals surface area contributed by atoms with Crippen molar-refractivity contribution in [1.82, 2.24) is 4.90 Å². The van der Waals surface area contributed by atoms with Crippen molar-refractivity contribution in [3.63, 3.8) is 0 Å². The zero-order valence-electron chi connectivity index (χ0n) is 8.95.